The van der Waals surface area contributed by atoms with Crippen LogP contribution in [0.25, 0.3) is 6.08 Å². The maximum absolute atomic E-state index is 13.3. The van der Waals surface area contributed by atoms with Gasteiger partial charge in [0.25, 0.3) is 0 Å². The highest BCUT2D eigenvalue weighted by molar-refractivity contribution is 9.10. The molecule has 0 saturated heterocycles. The second-order valence-corrected chi connectivity index (χ2v) is 9.76. The molecule has 0 N–H and O–H groups in total. The smallest absolute Gasteiger partial charge is 0.231 e. The number of halogens is 1. The molecule has 0 unspecified atom stereocenters. The maximum Gasteiger partial charge on any atom is 0.231 e. The Balaban J connectivity index is 1.25. The Labute approximate surface area is 217 Å². The SMILES string of the molecule is COc1ccccc1CCN1COc2ccc3c(c2C1)O/C(=C\c1cc(Br)cc2c1OCOC2)C3=O. The fraction of sp³-hybridized carbons (Fsp3) is 0.250. The molecule has 0 bridgehead atoms. The van der Waals surface area contributed by atoms with Gasteiger partial charge in [-0.2, -0.15) is 0 Å². The van der Waals surface area contributed by atoms with Crippen molar-refractivity contribution in [2.75, 3.05) is 27.2 Å². The second kappa shape index (κ2) is 9.61. The van der Waals surface area contributed by atoms with Gasteiger partial charge in [0.15, 0.2) is 12.6 Å². The van der Waals surface area contributed by atoms with Gasteiger partial charge in [-0.15, -0.1) is 0 Å². The van der Waals surface area contributed by atoms with Crippen LogP contribution in [0.2, 0.25) is 0 Å². The lowest BCUT2D eigenvalue weighted by Gasteiger charge is -2.29. The van der Waals surface area contributed by atoms with Gasteiger partial charge in [-0.25, -0.2) is 0 Å². The van der Waals surface area contributed by atoms with E-state index in [1.807, 2.05) is 36.4 Å². The summed E-state index contributed by atoms with van der Waals surface area (Å²) in [6, 6.07) is 15.5. The number of ketones is 1. The summed E-state index contributed by atoms with van der Waals surface area (Å²) in [5.41, 5.74) is 4.26. The van der Waals surface area contributed by atoms with E-state index in [0.717, 1.165) is 51.2 Å². The van der Waals surface area contributed by atoms with Crippen LogP contribution in [0.15, 0.2) is 58.8 Å². The first-order valence-corrected chi connectivity index (χ1v) is 12.5. The van der Waals surface area contributed by atoms with Crippen molar-refractivity contribution in [2.24, 2.45) is 0 Å². The van der Waals surface area contributed by atoms with Crippen molar-refractivity contribution < 1.29 is 28.5 Å². The third kappa shape index (κ3) is 4.25. The van der Waals surface area contributed by atoms with Gasteiger partial charge in [-0.3, -0.25) is 9.69 Å². The normalized spacial score (nSPS) is 17.5. The summed E-state index contributed by atoms with van der Waals surface area (Å²) in [7, 11) is 1.69. The predicted octanol–water partition coefficient (Wildman–Crippen LogP) is 5.34. The minimum atomic E-state index is -0.153. The van der Waals surface area contributed by atoms with Crippen LogP contribution >= 0.6 is 15.9 Å². The van der Waals surface area contributed by atoms with Gasteiger partial charge in [0.2, 0.25) is 5.78 Å². The third-order valence-corrected chi connectivity index (χ3v) is 7.02. The quantitative estimate of drug-likeness (QED) is 0.398. The molecular weight excluding hydrogens is 526 g/mol. The molecule has 3 aliphatic heterocycles. The van der Waals surface area contributed by atoms with E-state index in [1.165, 1.54) is 0 Å². The standard InChI is InChI=1S/C28H24BrNO6/c1-32-23-5-3-2-4-17(23)8-9-30-13-22-24(34-15-30)7-6-21-26(31)25(36-28(21)22)12-18-10-20(29)11-19-14-33-16-35-27(18)19/h2-7,10-12H,8-9,13-16H2,1H3/b25-12-. The highest BCUT2D eigenvalue weighted by Crippen LogP contribution is 2.43. The van der Waals surface area contributed by atoms with E-state index in [9.17, 15) is 4.79 Å². The lowest BCUT2D eigenvalue weighted by Crippen LogP contribution is -2.33. The van der Waals surface area contributed by atoms with Crippen molar-refractivity contribution in [3.05, 3.63) is 86.6 Å². The van der Waals surface area contributed by atoms with Crippen molar-refractivity contribution in [2.45, 2.75) is 19.6 Å². The zero-order chi connectivity index (χ0) is 24.6. The Kier molecular flexibility index (Phi) is 6.17. The maximum atomic E-state index is 13.3. The van der Waals surface area contributed by atoms with E-state index in [-0.39, 0.29) is 18.3 Å². The molecule has 0 radical (unpaired) electrons. The molecular formula is C28H24BrNO6. The number of hydrogen-bond acceptors (Lipinski definition) is 7. The molecule has 36 heavy (non-hydrogen) atoms. The number of carbonyl (C=O) groups is 1. The number of hydrogen-bond donors (Lipinski definition) is 0. The number of allylic oxidation sites excluding steroid dienone is 1. The van der Waals surface area contributed by atoms with E-state index < -0.39 is 0 Å². The largest absolute Gasteiger partial charge is 0.496 e. The number of rotatable bonds is 5. The van der Waals surface area contributed by atoms with Crippen LogP contribution in [0.1, 0.15) is 32.6 Å². The molecule has 0 atom stereocenters. The zero-order valence-electron chi connectivity index (χ0n) is 19.7. The number of fused-ring (bicyclic) bond motifs is 4. The third-order valence-electron chi connectivity index (χ3n) is 6.56. The van der Waals surface area contributed by atoms with Crippen molar-refractivity contribution >= 4 is 27.8 Å². The number of benzene rings is 3. The molecule has 3 aliphatic rings. The molecule has 3 aromatic rings. The zero-order valence-corrected chi connectivity index (χ0v) is 21.3. The van der Waals surface area contributed by atoms with Crippen LogP contribution < -0.4 is 18.9 Å². The Morgan fingerprint density at radius 2 is 2.00 bits per heavy atom. The van der Waals surface area contributed by atoms with E-state index in [0.29, 0.717) is 36.9 Å². The summed E-state index contributed by atoms with van der Waals surface area (Å²) in [6.07, 6.45) is 2.56. The molecule has 0 saturated carbocycles. The predicted molar refractivity (Wildman–Crippen MR) is 136 cm³/mol. The van der Waals surface area contributed by atoms with E-state index in [1.54, 1.807) is 19.3 Å². The minimum absolute atomic E-state index is 0.153. The summed E-state index contributed by atoms with van der Waals surface area (Å²) in [5.74, 6) is 3.01. The van der Waals surface area contributed by atoms with Gasteiger partial charge in [-0.1, -0.05) is 34.1 Å². The summed E-state index contributed by atoms with van der Waals surface area (Å²) >= 11 is 3.53. The Hall–Kier alpha value is -3.33. The Morgan fingerprint density at radius 3 is 2.89 bits per heavy atom. The van der Waals surface area contributed by atoms with Gasteiger partial charge in [0.05, 0.1) is 24.8 Å². The lowest BCUT2D eigenvalue weighted by atomic mass is 10.0. The lowest BCUT2D eigenvalue weighted by molar-refractivity contribution is -0.0165. The number of carbonyl (C=O) groups excluding carboxylic acids is 1. The van der Waals surface area contributed by atoms with E-state index in [4.69, 9.17) is 23.7 Å². The van der Waals surface area contributed by atoms with Crippen molar-refractivity contribution in [3.8, 4) is 23.0 Å². The average Bonchev–Trinajstić information content (AvgIpc) is 3.22. The first-order chi connectivity index (χ1) is 17.6. The van der Waals surface area contributed by atoms with E-state index in [2.05, 4.69) is 26.9 Å². The minimum Gasteiger partial charge on any atom is -0.496 e. The van der Waals surface area contributed by atoms with Crippen LogP contribution in [0.5, 0.6) is 23.0 Å². The second-order valence-electron chi connectivity index (χ2n) is 8.84. The fourth-order valence-electron chi connectivity index (χ4n) is 4.79. The summed E-state index contributed by atoms with van der Waals surface area (Å²) in [4.78, 5) is 15.5. The number of methoxy groups -OCH3 is 1. The van der Waals surface area contributed by atoms with E-state index >= 15 is 0 Å². The monoisotopic (exact) mass is 549 g/mol. The summed E-state index contributed by atoms with van der Waals surface area (Å²) < 4.78 is 29.7. The van der Waals surface area contributed by atoms with Crippen molar-refractivity contribution in [3.63, 3.8) is 0 Å². The molecule has 6 rings (SSSR count). The fourth-order valence-corrected chi connectivity index (χ4v) is 5.32. The van der Waals surface area contributed by atoms with Crippen LogP contribution in [0, 0.1) is 0 Å². The van der Waals surface area contributed by atoms with Gasteiger partial charge < -0.3 is 23.7 Å². The molecule has 0 spiro atoms. The first kappa shape index (κ1) is 23.1. The molecule has 0 aromatic heterocycles. The van der Waals surface area contributed by atoms with Gasteiger partial charge >= 0.3 is 0 Å². The molecule has 0 amide bonds. The molecule has 3 heterocycles. The highest BCUT2D eigenvalue weighted by atomic mass is 79.9. The van der Waals surface area contributed by atoms with Gasteiger partial charge in [0, 0.05) is 28.7 Å². The average molecular weight is 550 g/mol. The highest BCUT2D eigenvalue weighted by Gasteiger charge is 2.34. The van der Waals surface area contributed by atoms with Crippen LogP contribution in [0.4, 0.5) is 0 Å². The number of nitrogens with zero attached hydrogens (tertiary/aromatic N) is 1. The molecule has 3 aromatic carbocycles. The number of para-hydroxylation sites is 1. The van der Waals surface area contributed by atoms with Crippen molar-refractivity contribution in [1.29, 1.82) is 0 Å². The van der Waals surface area contributed by atoms with Crippen LogP contribution in [0.3, 0.4) is 0 Å². The topological polar surface area (TPSA) is 66.5 Å². The van der Waals surface area contributed by atoms with Crippen molar-refractivity contribution in [1.82, 2.24) is 4.90 Å². The Bertz CT molecular complexity index is 1380. The first-order valence-electron chi connectivity index (χ1n) is 11.7. The number of ether oxygens (including phenoxy) is 5. The summed E-state index contributed by atoms with van der Waals surface area (Å²) in [5, 5.41) is 0. The molecule has 7 nitrogen and oxygen atoms in total. The number of Topliss-reactive ketones (excluding diaryl/α,β-unsaturated/α-hetero) is 1. The van der Waals surface area contributed by atoms with Crippen LogP contribution in [-0.4, -0.2) is 37.9 Å². The molecule has 0 aliphatic carbocycles. The van der Waals surface area contributed by atoms with Crippen LogP contribution in [-0.2, 0) is 24.3 Å². The molecule has 184 valence electrons. The summed E-state index contributed by atoms with van der Waals surface area (Å²) in [6.45, 7) is 2.51. The molecule has 8 heteroatoms. The molecule has 0 fully saturated rings. The Morgan fingerprint density at radius 1 is 1.11 bits per heavy atom. The van der Waals surface area contributed by atoms with Gasteiger partial charge in [0.1, 0.15) is 29.7 Å². The van der Waals surface area contributed by atoms with Gasteiger partial charge in [-0.05, 0) is 48.4 Å².